The van der Waals surface area contributed by atoms with Gasteiger partial charge in [-0.15, -0.1) is 0 Å². The number of rotatable bonds is 5. The first-order valence-corrected chi connectivity index (χ1v) is 5.91. The molecule has 0 saturated heterocycles. The average molecular weight is 307 g/mol. The number of ether oxygens (including phenoxy) is 2. The molecule has 0 fully saturated rings. The summed E-state index contributed by atoms with van der Waals surface area (Å²) >= 11 is 0. The van der Waals surface area contributed by atoms with E-state index in [0.717, 1.165) is 0 Å². The van der Waals surface area contributed by atoms with Crippen LogP contribution in [0.4, 0.5) is 18.9 Å². The Hall–Kier alpha value is -1.96. The van der Waals surface area contributed by atoms with E-state index >= 15 is 0 Å². The fraction of sp³-hybridized carbons (Fsp3) is 0.462. The summed E-state index contributed by atoms with van der Waals surface area (Å²) < 4.78 is 47.5. The molecule has 0 aliphatic heterocycles. The number of carbonyl (C=O) groups is 1. The fourth-order valence-electron chi connectivity index (χ4n) is 1.51. The maximum atomic E-state index is 12.5. The number of anilines is 1. The minimum atomic E-state index is -4.89. The molecule has 0 unspecified atom stereocenters. The van der Waals surface area contributed by atoms with Crippen LogP contribution in [0, 0.1) is 0 Å². The third kappa shape index (κ3) is 4.25. The highest BCUT2D eigenvalue weighted by Crippen LogP contribution is 2.34. The van der Waals surface area contributed by atoms with Crippen LogP contribution in [-0.2, 0) is 4.79 Å². The topological polar surface area (TPSA) is 67.8 Å². The van der Waals surface area contributed by atoms with Gasteiger partial charge in [0.1, 0.15) is 11.5 Å². The van der Waals surface area contributed by atoms with E-state index in [1.165, 1.54) is 32.4 Å². The summed E-state index contributed by atoms with van der Waals surface area (Å²) in [7, 11) is 2.78. The Balaban J connectivity index is 2.85. The number of hydrogen-bond donors (Lipinski definition) is 2. The van der Waals surface area contributed by atoms with Crippen molar-refractivity contribution in [3.63, 3.8) is 0 Å². The molecule has 0 aliphatic rings. The Morgan fingerprint density at radius 1 is 1.29 bits per heavy atom. The standard InChI is InChI=1S/C13H16F3NO4/c1-12(19,13(14,15)16)7-11(18)17-9-5-4-8(20-2)6-10(9)21-3/h4-6,19H,7H2,1-3H3,(H,17,18)/t12-/m1/s1. The van der Waals surface area contributed by atoms with Gasteiger partial charge in [0.25, 0.3) is 0 Å². The maximum absolute atomic E-state index is 12.5. The van der Waals surface area contributed by atoms with Gasteiger partial charge in [0.2, 0.25) is 5.91 Å². The zero-order valence-corrected chi connectivity index (χ0v) is 11.7. The van der Waals surface area contributed by atoms with Crippen molar-refractivity contribution in [3.05, 3.63) is 18.2 Å². The fourth-order valence-corrected chi connectivity index (χ4v) is 1.51. The molecule has 0 heterocycles. The van der Waals surface area contributed by atoms with Crippen molar-refractivity contribution in [3.8, 4) is 11.5 Å². The lowest BCUT2D eigenvalue weighted by atomic mass is 10.0. The minimum Gasteiger partial charge on any atom is -0.497 e. The zero-order valence-electron chi connectivity index (χ0n) is 11.7. The number of benzene rings is 1. The number of alkyl halides is 3. The third-order valence-electron chi connectivity index (χ3n) is 2.80. The van der Waals surface area contributed by atoms with E-state index in [1.54, 1.807) is 0 Å². The van der Waals surface area contributed by atoms with Gasteiger partial charge < -0.3 is 19.9 Å². The summed E-state index contributed by atoms with van der Waals surface area (Å²) in [5, 5.41) is 11.5. The molecule has 0 bridgehead atoms. The first kappa shape index (κ1) is 17.1. The molecule has 8 heteroatoms. The first-order valence-electron chi connectivity index (χ1n) is 5.91. The summed E-state index contributed by atoms with van der Waals surface area (Å²) in [6, 6.07) is 4.41. The van der Waals surface area contributed by atoms with Crippen molar-refractivity contribution in [2.75, 3.05) is 19.5 Å². The van der Waals surface area contributed by atoms with Crippen molar-refractivity contribution in [2.24, 2.45) is 0 Å². The summed E-state index contributed by atoms with van der Waals surface area (Å²) in [4.78, 5) is 11.6. The van der Waals surface area contributed by atoms with E-state index in [1.807, 2.05) is 0 Å². The van der Waals surface area contributed by atoms with Gasteiger partial charge in [-0.3, -0.25) is 4.79 Å². The molecule has 1 rings (SSSR count). The first-order chi connectivity index (χ1) is 9.60. The quantitative estimate of drug-likeness (QED) is 0.876. The van der Waals surface area contributed by atoms with Gasteiger partial charge in [0.15, 0.2) is 5.60 Å². The van der Waals surface area contributed by atoms with Crippen molar-refractivity contribution < 1.29 is 32.5 Å². The van der Waals surface area contributed by atoms with Crippen LogP contribution < -0.4 is 14.8 Å². The van der Waals surface area contributed by atoms with Crippen LogP contribution in [-0.4, -0.2) is 37.0 Å². The Morgan fingerprint density at radius 3 is 2.38 bits per heavy atom. The second-order valence-electron chi connectivity index (χ2n) is 4.56. The monoisotopic (exact) mass is 307 g/mol. The highest BCUT2D eigenvalue weighted by Gasteiger charge is 2.51. The minimum absolute atomic E-state index is 0.182. The number of carbonyl (C=O) groups excluding carboxylic acids is 1. The molecule has 118 valence electrons. The van der Waals surface area contributed by atoms with Crippen LogP contribution in [0.25, 0.3) is 0 Å². The van der Waals surface area contributed by atoms with E-state index in [9.17, 15) is 23.1 Å². The lowest BCUT2D eigenvalue weighted by Gasteiger charge is -2.25. The molecule has 0 aromatic heterocycles. The number of nitrogens with one attached hydrogen (secondary N) is 1. The molecule has 0 aliphatic carbocycles. The van der Waals surface area contributed by atoms with Crippen molar-refractivity contribution >= 4 is 11.6 Å². The molecule has 0 saturated carbocycles. The van der Waals surface area contributed by atoms with Gasteiger partial charge >= 0.3 is 6.18 Å². The summed E-state index contributed by atoms with van der Waals surface area (Å²) in [6.07, 6.45) is -6.01. The second-order valence-corrected chi connectivity index (χ2v) is 4.56. The number of halogens is 3. The molecule has 0 radical (unpaired) electrons. The second kappa shape index (κ2) is 6.21. The molecular weight excluding hydrogens is 291 g/mol. The van der Waals surface area contributed by atoms with Crippen molar-refractivity contribution in [2.45, 2.75) is 25.1 Å². The van der Waals surface area contributed by atoms with Crippen LogP contribution in [0.3, 0.4) is 0 Å². The van der Waals surface area contributed by atoms with Crippen molar-refractivity contribution in [1.29, 1.82) is 0 Å². The van der Waals surface area contributed by atoms with Crippen LogP contribution in [0.2, 0.25) is 0 Å². The van der Waals surface area contributed by atoms with Crippen LogP contribution in [0.1, 0.15) is 13.3 Å². The lowest BCUT2D eigenvalue weighted by Crippen LogP contribution is -2.44. The van der Waals surface area contributed by atoms with Crippen molar-refractivity contribution in [1.82, 2.24) is 0 Å². The van der Waals surface area contributed by atoms with E-state index in [0.29, 0.717) is 12.7 Å². The maximum Gasteiger partial charge on any atom is 0.417 e. The summed E-state index contributed by atoms with van der Waals surface area (Å²) in [5.74, 6) is -0.290. The molecule has 1 amide bonds. The molecule has 1 aromatic carbocycles. The Labute approximate surface area is 119 Å². The number of aliphatic hydroxyl groups is 1. The SMILES string of the molecule is COc1ccc(NC(=O)C[C@@](C)(O)C(F)(F)F)c(OC)c1. The van der Waals surface area contributed by atoms with E-state index in [4.69, 9.17) is 9.47 Å². The number of hydrogen-bond acceptors (Lipinski definition) is 4. The lowest BCUT2D eigenvalue weighted by molar-refractivity contribution is -0.252. The third-order valence-corrected chi connectivity index (χ3v) is 2.80. The highest BCUT2D eigenvalue weighted by molar-refractivity contribution is 5.93. The molecular formula is C13H16F3NO4. The molecule has 1 aromatic rings. The van der Waals surface area contributed by atoms with Gasteiger partial charge in [0.05, 0.1) is 26.3 Å². The van der Waals surface area contributed by atoms with Gasteiger partial charge in [-0.05, 0) is 19.1 Å². The Bertz CT molecular complexity index is 515. The number of amides is 1. The molecule has 0 spiro atoms. The highest BCUT2D eigenvalue weighted by atomic mass is 19.4. The predicted octanol–water partition coefficient (Wildman–Crippen LogP) is 2.35. The van der Waals surface area contributed by atoms with Gasteiger partial charge in [-0.2, -0.15) is 13.2 Å². The molecule has 5 nitrogen and oxygen atoms in total. The van der Waals surface area contributed by atoms with E-state index in [-0.39, 0.29) is 11.4 Å². The van der Waals surface area contributed by atoms with Crippen LogP contribution in [0.15, 0.2) is 18.2 Å². The zero-order chi connectivity index (χ0) is 16.3. The van der Waals surface area contributed by atoms with Crippen LogP contribution in [0.5, 0.6) is 11.5 Å². The predicted molar refractivity (Wildman–Crippen MR) is 69.5 cm³/mol. The van der Waals surface area contributed by atoms with E-state index < -0.39 is 24.1 Å². The molecule has 2 N–H and O–H groups in total. The molecule has 21 heavy (non-hydrogen) atoms. The Kier molecular flexibility index (Phi) is 5.06. The van der Waals surface area contributed by atoms with Crippen LogP contribution >= 0.6 is 0 Å². The normalized spacial score (nSPS) is 14.2. The van der Waals surface area contributed by atoms with Gasteiger partial charge in [0, 0.05) is 6.07 Å². The molecule has 1 atom stereocenters. The summed E-state index contributed by atoms with van der Waals surface area (Å²) in [6.45, 7) is 0.540. The van der Waals surface area contributed by atoms with E-state index in [2.05, 4.69) is 5.32 Å². The number of methoxy groups -OCH3 is 2. The van der Waals surface area contributed by atoms with Gasteiger partial charge in [-0.1, -0.05) is 0 Å². The van der Waals surface area contributed by atoms with Gasteiger partial charge in [-0.25, -0.2) is 0 Å². The smallest absolute Gasteiger partial charge is 0.417 e. The Morgan fingerprint density at radius 2 is 1.90 bits per heavy atom. The summed E-state index contributed by atoms with van der Waals surface area (Å²) in [5.41, 5.74) is -2.92. The average Bonchev–Trinajstić information content (AvgIpc) is 2.37. The largest absolute Gasteiger partial charge is 0.497 e.